The van der Waals surface area contributed by atoms with E-state index in [1.165, 1.54) is 0 Å². The van der Waals surface area contributed by atoms with E-state index in [1.54, 1.807) is 0 Å². The van der Waals surface area contributed by atoms with Crippen molar-refractivity contribution in [3.8, 4) is 0 Å². The van der Waals surface area contributed by atoms with Crippen molar-refractivity contribution in [3.05, 3.63) is 11.4 Å². The fourth-order valence-electron chi connectivity index (χ4n) is 1.99. The monoisotopic (exact) mass is 277 g/mol. The Morgan fingerprint density at radius 3 is 2.55 bits per heavy atom. The molecule has 1 amide bonds. The van der Waals surface area contributed by atoms with Crippen LogP contribution in [0.4, 0.5) is 11.6 Å². The summed E-state index contributed by atoms with van der Waals surface area (Å²) in [5.74, 6) is 2.93. The first-order valence-corrected chi connectivity index (χ1v) is 7.22. The molecule has 1 aliphatic carbocycles. The molecule has 2 rings (SSSR count). The summed E-state index contributed by atoms with van der Waals surface area (Å²) in [5.41, 5.74) is 0.998. The molecule has 0 aliphatic heterocycles. The summed E-state index contributed by atoms with van der Waals surface area (Å²) in [4.78, 5) is 20.4. The third kappa shape index (κ3) is 3.59. The summed E-state index contributed by atoms with van der Waals surface area (Å²) in [6.45, 7) is 5.30. The summed E-state index contributed by atoms with van der Waals surface area (Å²) >= 11 is 0. The lowest BCUT2D eigenvalue weighted by Gasteiger charge is -2.13. The standard InChI is InChI=1S/C14H23N5O/c1-4-11-18-12(15-3)9(2)13(19-11)16-7-8-17-14(20)10-5-6-10/h10H,4-8H2,1-3H3,(H,17,20)(H2,15,16,18,19). The van der Waals surface area contributed by atoms with Gasteiger partial charge in [0.25, 0.3) is 0 Å². The predicted octanol–water partition coefficient (Wildman–Crippen LogP) is 1.33. The molecule has 0 aromatic carbocycles. The van der Waals surface area contributed by atoms with Crippen LogP contribution in [0.3, 0.4) is 0 Å². The van der Waals surface area contributed by atoms with Gasteiger partial charge in [-0.15, -0.1) is 0 Å². The SMILES string of the molecule is CCc1nc(NC)c(C)c(NCCNC(=O)C2CC2)n1. The molecule has 1 fully saturated rings. The van der Waals surface area contributed by atoms with Gasteiger partial charge in [0, 0.05) is 38.0 Å². The lowest BCUT2D eigenvalue weighted by atomic mass is 10.3. The number of nitrogens with zero attached hydrogens (tertiary/aromatic N) is 2. The van der Waals surface area contributed by atoms with Crippen LogP contribution in [0.15, 0.2) is 0 Å². The highest BCUT2D eigenvalue weighted by molar-refractivity contribution is 5.80. The molecule has 110 valence electrons. The fraction of sp³-hybridized carbons (Fsp3) is 0.643. The number of aryl methyl sites for hydroxylation is 1. The summed E-state index contributed by atoms with van der Waals surface area (Å²) in [5, 5.41) is 9.28. The third-order valence-electron chi connectivity index (χ3n) is 3.41. The molecule has 3 N–H and O–H groups in total. The van der Waals surface area contributed by atoms with Gasteiger partial charge in [0.1, 0.15) is 17.5 Å². The maximum atomic E-state index is 11.5. The van der Waals surface area contributed by atoms with E-state index in [0.29, 0.717) is 13.1 Å². The first kappa shape index (κ1) is 14.6. The smallest absolute Gasteiger partial charge is 0.223 e. The Labute approximate surface area is 119 Å². The molecular formula is C14H23N5O. The van der Waals surface area contributed by atoms with Crippen molar-refractivity contribution in [1.82, 2.24) is 15.3 Å². The van der Waals surface area contributed by atoms with Crippen LogP contribution in [-0.2, 0) is 11.2 Å². The molecule has 1 heterocycles. The Hall–Kier alpha value is -1.85. The first-order chi connectivity index (χ1) is 9.65. The zero-order chi connectivity index (χ0) is 14.5. The molecule has 0 spiro atoms. The summed E-state index contributed by atoms with van der Waals surface area (Å²) < 4.78 is 0. The minimum Gasteiger partial charge on any atom is -0.373 e. The van der Waals surface area contributed by atoms with E-state index in [9.17, 15) is 4.79 Å². The van der Waals surface area contributed by atoms with Crippen molar-refractivity contribution in [3.63, 3.8) is 0 Å². The minimum absolute atomic E-state index is 0.177. The molecule has 0 atom stereocenters. The highest BCUT2D eigenvalue weighted by atomic mass is 16.2. The van der Waals surface area contributed by atoms with Gasteiger partial charge >= 0.3 is 0 Å². The van der Waals surface area contributed by atoms with Crippen LogP contribution >= 0.6 is 0 Å². The molecule has 20 heavy (non-hydrogen) atoms. The van der Waals surface area contributed by atoms with Gasteiger partial charge in [-0.2, -0.15) is 0 Å². The highest BCUT2D eigenvalue weighted by Crippen LogP contribution is 2.28. The van der Waals surface area contributed by atoms with E-state index in [1.807, 2.05) is 20.9 Å². The molecule has 1 aromatic rings. The molecule has 0 saturated heterocycles. The van der Waals surface area contributed by atoms with Crippen LogP contribution in [-0.4, -0.2) is 36.0 Å². The van der Waals surface area contributed by atoms with Crippen molar-refractivity contribution >= 4 is 17.5 Å². The van der Waals surface area contributed by atoms with Crippen LogP contribution in [0.5, 0.6) is 0 Å². The zero-order valence-corrected chi connectivity index (χ0v) is 12.4. The molecule has 6 heteroatoms. The number of rotatable bonds is 7. The first-order valence-electron chi connectivity index (χ1n) is 7.22. The average Bonchev–Trinajstić information content (AvgIpc) is 3.29. The Bertz CT molecular complexity index is 485. The molecular weight excluding hydrogens is 254 g/mol. The quantitative estimate of drug-likeness (QED) is 0.655. The number of aromatic nitrogens is 2. The Kier molecular flexibility index (Phi) is 4.76. The van der Waals surface area contributed by atoms with E-state index in [4.69, 9.17) is 0 Å². The van der Waals surface area contributed by atoms with Gasteiger partial charge in [0.15, 0.2) is 0 Å². The molecule has 0 unspecified atom stereocenters. The molecule has 6 nitrogen and oxygen atoms in total. The van der Waals surface area contributed by atoms with Crippen molar-refractivity contribution in [2.24, 2.45) is 5.92 Å². The van der Waals surface area contributed by atoms with E-state index in [2.05, 4.69) is 25.9 Å². The van der Waals surface area contributed by atoms with Gasteiger partial charge in [0.05, 0.1) is 0 Å². The van der Waals surface area contributed by atoms with Gasteiger partial charge in [-0.3, -0.25) is 4.79 Å². The average molecular weight is 277 g/mol. The van der Waals surface area contributed by atoms with Gasteiger partial charge < -0.3 is 16.0 Å². The topological polar surface area (TPSA) is 78.9 Å². The number of carbonyl (C=O) groups is 1. The predicted molar refractivity (Wildman–Crippen MR) is 79.9 cm³/mol. The maximum Gasteiger partial charge on any atom is 0.223 e. The van der Waals surface area contributed by atoms with Crippen molar-refractivity contribution in [2.75, 3.05) is 30.8 Å². The zero-order valence-electron chi connectivity index (χ0n) is 12.4. The fourth-order valence-corrected chi connectivity index (χ4v) is 1.99. The van der Waals surface area contributed by atoms with Crippen LogP contribution in [0.2, 0.25) is 0 Å². The van der Waals surface area contributed by atoms with Gasteiger partial charge in [0.2, 0.25) is 5.91 Å². The van der Waals surface area contributed by atoms with Gasteiger partial charge in [-0.25, -0.2) is 9.97 Å². The normalized spacial score (nSPS) is 13.9. The van der Waals surface area contributed by atoms with E-state index in [-0.39, 0.29) is 11.8 Å². The minimum atomic E-state index is 0.177. The van der Waals surface area contributed by atoms with Gasteiger partial charge in [-0.05, 0) is 19.8 Å². The van der Waals surface area contributed by atoms with Crippen molar-refractivity contribution < 1.29 is 4.79 Å². The number of carbonyl (C=O) groups excluding carboxylic acids is 1. The summed E-state index contributed by atoms with van der Waals surface area (Å²) in [6.07, 6.45) is 2.87. The maximum absolute atomic E-state index is 11.5. The molecule has 0 bridgehead atoms. The van der Waals surface area contributed by atoms with Crippen LogP contribution in [0.1, 0.15) is 31.2 Å². The van der Waals surface area contributed by atoms with Crippen LogP contribution < -0.4 is 16.0 Å². The van der Waals surface area contributed by atoms with Crippen molar-refractivity contribution in [2.45, 2.75) is 33.1 Å². The Morgan fingerprint density at radius 2 is 1.95 bits per heavy atom. The lowest BCUT2D eigenvalue weighted by molar-refractivity contribution is -0.122. The largest absolute Gasteiger partial charge is 0.373 e. The van der Waals surface area contributed by atoms with E-state index in [0.717, 1.165) is 42.3 Å². The van der Waals surface area contributed by atoms with Gasteiger partial charge in [-0.1, -0.05) is 6.92 Å². The molecule has 1 saturated carbocycles. The molecule has 1 aliphatic rings. The third-order valence-corrected chi connectivity index (χ3v) is 3.41. The van der Waals surface area contributed by atoms with Crippen LogP contribution in [0, 0.1) is 12.8 Å². The number of nitrogens with one attached hydrogen (secondary N) is 3. The van der Waals surface area contributed by atoms with E-state index < -0.39 is 0 Å². The van der Waals surface area contributed by atoms with E-state index >= 15 is 0 Å². The highest BCUT2D eigenvalue weighted by Gasteiger charge is 2.28. The number of hydrogen-bond acceptors (Lipinski definition) is 5. The summed E-state index contributed by atoms with van der Waals surface area (Å²) in [6, 6.07) is 0. The number of hydrogen-bond donors (Lipinski definition) is 3. The van der Waals surface area contributed by atoms with Crippen LogP contribution in [0.25, 0.3) is 0 Å². The second kappa shape index (κ2) is 6.54. The second-order valence-corrected chi connectivity index (χ2v) is 5.06. The Balaban J connectivity index is 1.89. The lowest BCUT2D eigenvalue weighted by Crippen LogP contribution is -2.30. The molecule has 0 radical (unpaired) electrons. The summed E-state index contributed by atoms with van der Waals surface area (Å²) in [7, 11) is 1.86. The van der Waals surface area contributed by atoms with Crippen molar-refractivity contribution in [1.29, 1.82) is 0 Å². The number of amides is 1. The number of anilines is 2. The molecule has 1 aromatic heterocycles. The second-order valence-electron chi connectivity index (χ2n) is 5.06. The Morgan fingerprint density at radius 1 is 1.25 bits per heavy atom.